The van der Waals surface area contributed by atoms with Crippen molar-refractivity contribution in [2.45, 2.75) is 13.2 Å². The Kier molecular flexibility index (Phi) is 4.90. The highest BCUT2D eigenvalue weighted by atomic mass is 35.5. The summed E-state index contributed by atoms with van der Waals surface area (Å²) in [5.41, 5.74) is 1.06. The Morgan fingerprint density at radius 1 is 1.05 bits per heavy atom. The molecule has 7 heteroatoms. The van der Waals surface area contributed by atoms with Crippen LogP contribution in [-0.2, 0) is 6.54 Å². The topological polar surface area (TPSA) is 21.3 Å². The van der Waals surface area contributed by atoms with Crippen LogP contribution < -0.4 is 10.1 Å². The normalized spacial score (nSPS) is 10.8. The van der Waals surface area contributed by atoms with Gasteiger partial charge < -0.3 is 10.1 Å². The first-order valence-corrected chi connectivity index (χ1v) is 6.25. The summed E-state index contributed by atoms with van der Waals surface area (Å²) in [7, 11) is 0. The highest BCUT2D eigenvalue weighted by Crippen LogP contribution is 2.23. The van der Waals surface area contributed by atoms with Crippen molar-refractivity contribution in [1.82, 2.24) is 0 Å². The zero-order valence-corrected chi connectivity index (χ0v) is 11.3. The van der Waals surface area contributed by atoms with E-state index in [9.17, 15) is 17.6 Å². The van der Waals surface area contributed by atoms with E-state index in [-0.39, 0.29) is 11.6 Å². The van der Waals surface area contributed by atoms with E-state index in [4.69, 9.17) is 11.6 Å². The third-order valence-electron chi connectivity index (χ3n) is 2.63. The summed E-state index contributed by atoms with van der Waals surface area (Å²) in [6.07, 6.45) is 0. The summed E-state index contributed by atoms with van der Waals surface area (Å²) in [5.74, 6) is -1.96. The third-order valence-corrected chi connectivity index (χ3v) is 2.92. The summed E-state index contributed by atoms with van der Waals surface area (Å²) >= 11 is 5.64. The molecule has 0 saturated carbocycles. The Morgan fingerprint density at radius 3 is 2.43 bits per heavy atom. The molecule has 0 aliphatic carbocycles. The average Bonchev–Trinajstić information content (AvgIpc) is 2.42. The second-order valence-electron chi connectivity index (χ2n) is 4.13. The Morgan fingerprint density at radius 2 is 1.81 bits per heavy atom. The number of nitrogens with one attached hydrogen (secondary N) is 1. The molecule has 0 radical (unpaired) electrons. The molecular formula is C14H10ClF4NO. The standard InChI is InChI=1S/C14H10ClF4NO/c15-10-5-8(1-3-11(10)16)7-20-9-2-4-13(12(17)6-9)21-14(18)19/h1-6,14,20H,7H2. The SMILES string of the molecule is Fc1ccc(CNc2ccc(OC(F)F)c(F)c2)cc1Cl. The van der Waals surface area contributed by atoms with Crippen LogP contribution in [0.5, 0.6) is 5.75 Å². The van der Waals surface area contributed by atoms with Gasteiger partial charge in [-0.05, 0) is 29.8 Å². The van der Waals surface area contributed by atoms with Gasteiger partial charge >= 0.3 is 6.61 Å². The van der Waals surface area contributed by atoms with Gasteiger partial charge in [0.15, 0.2) is 11.6 Å². The van der Waals surface area contributed by atoms with Gasteiger partial charge in [-0.25, -0.2) is 8.78 Å². The smallest absolute Gasteiger partial charge is 0.387 e. The van der Waals surface area contributed by atoms with Gasteiger partial charge in [-0.2, -0.15) is 8.78 Å². The molecule has 0 bridgehead atoms. The van der Waals surface area contributed by atoms with E-state index in [0.717, 1.165) is 12.1 Å². The minimum Gasteiger partial charge on any atom is -0.432 e. The molecule has 2 aromatic rings. The van der Waals surface area contributed by atoms with Crippen molar-refractivity contribution in [1.29, 1.82) is 0 Å². The number of ether oxygens (including phenoxy) is 1. The van der Waals surface area contributed by atoms with Crippen molar-refractivity contribution in [2.24, 2.45) is 0 Å². The zero-order valence-electron chi connectivity index (χ0n) is 10.5. The molecule has 0 aromatic heterocycles. The molecule has 0 saturated heterocycles. The van der Waals surface area contributed by atoms with E-state index in [0.29, 0.717) is 11.3 Å². The van der Waals surface area contributed by atoms with E-state index in [1.165, 1.54) is 24.3 Å². The van der Waals surface area contributed by atoms with Gasteiger partial charge in [-0.3, -0.25) is 0 Å². The quantitative estimate of drug-likeness (QED) is 0.797. The van der Waals surface area contributed by atoms with E-state index in [1.807, 2.05) is 0 Å². The second-order valence-corrected chi connectivity index (χ2v) is 4.53. The fourth-order valence-corrected chi connectivity index (χ4v) is 1.86. The molecule has 2 aromatic carbocycles. The maximum atomic E-state index is 13.5. The number of anilines is 1. The summed E-state index contributed by atoms with van der Waals surface area (Å²) < 4.78 is 54.5. The second kappa shape index (κ2) is 6.67. The Bertz CT molecular complexity index is 636. The maximum absolute atomic E-state index is 13.5. The first-order chi connectivity index (χ1) is 9.95. The molecule has 2 nitrogen and oxygen atoms in total. The van der Waals surface area contributed by atoms with Crippen LogP contribution in [-0.4, -0.2) is 6.61 Å². The Balaban J connectivity index is 2.03. The summed E-state index contributed by atoms with van der Waals surface area (Å²) in [4.78, 5) is 0. The molecule has 2 rings (SSSR count). The van der Waals surface area contributed by atoms with Crippen LogP contribution in [0.25, 0.3) is 0 Å². The van der Waals surface area contributed by atoms with Crippen LogP contribution in [0.1, 0.15) is 5.56 Å². The van der Waals surface area contributed by atoms with Crippen molar-refractivity contribution in [2.75, 3.05) is 5.32 Å². The lowest BCUT2D eigenvalue weighted by Crippen LogP contribution is -2.05. The van der Waals surface area contributed by atoms with E-state index < -0.39 is 24.0 Å². The van der Waals surface area contributed by atoms with Gasteiger partial charge in [-0.15, -0.1) is 0 Å². The molecule has 0 unspecified atom stereocenters. The highest BCUT2D eigenvalue weighted by molar-refractivity contribution is 6.30. The van der Waals surface area contributed by atoms with Gasteiger partial charge in [-0.1, -0.05) is 17.7 Å². The first-order valence-electron chi connectivity index (χ1n) is 5.88. The number of rotatable bonds is 5. The molecule has 0 spiro atoms. The molecular weight excluding hydrogens is 310 g/mol. The Hall–Kier alpha value is -1.95. The van der Waals surface area contributed by atoms with Crippen LogP contribution >= 0.6 is 11.6 Å². The molecule has 0 heterocycles. The monoisotopic (exact) mass is 319 g/mol. The number of alkyl halides is 2. The van der Waals surface area contributed by atoms with Crippen molar-refractivity contribution in [3.63, 3.8) is 0 Å². The van der Waals surface area contributed by atoms with Crippen molar-refractivity contribution in [3.05, 3.63) is 58.6 Å². The van der Waals surface area contributed by atoms with Gasteiger partial charge in [0.05, 0.1) is 5.02 Å². The number of halogens is 5. The van der Waals surface area contributed by atoms with Gasteiger partial charge in [0.1, 0.15) is 5.82 Å². The lowest BCUT2D eigenvalue weighted by atomic mass is 10.2. The van der Waals surface area contributed by atoms with E-state index >= 15 is 0 Å². The summed E-state index contributed by atoms with van der Waals surface area (Å²) in [5, 5.41) is 2.85. The first kappa shape index (κ1) is 15.4. The van der Waals surface area contributed by atoms with Crippen LogP contribution in [0.3, 0.4) is 0 Å². The zero-order chi connectivity index (χ0) is 15.4. The molecule has 0 amide bonds. The van der Waals surface area contributed by atoms with Crippen molar-refractivity contribution < 1.29 is 22.3 Å². The predicted octanol–water partition coefficient (Wildman–Crippen LogP) is 4.83. The lowest BCUT2D eigenvalue weighted by Gasteiger charge is -2.10. The molecule has 112 valence electrons. The highest BCUT2D eigenvalue weighted by Gasteiger charge is 2.10. The van der Waals surface area contributed by atoms with Crippen LogP contribution in [0.2, 0.25) is 5.02 Å². The van der Waals surface area contributed by atoms with E-state index in [1.54, 1.807) is 0 Å². The maximum Gasteiger partial charge on any atom is 0.387 e. The lowest BCUT2D eigenvalue weighted by molar-refractivity contribution is -0.0521. The molecule has 21 heavy (non-hydrogen) atoms. The summed E-state index contributed by atoms with van der Waals surface area (Å²) in [6, 6.07) is 7.71. The molecule has 1 N–H and O–H groups in total. The molecule has 0 atom stereocenters. The van der Waals surface area contributed by atoms with Crippen LogP contribution in [0.4, 0.5) is 23.2 Å². The van der Waals surface area contributed by atoms with Crippen LogP contribution in [0, 0.1) is 11.6 Å². The number of benzene rings is 2. The van der Waals surface area contributed by atoms with Gasteiger partial charge in [0.25, 0.3) is 0 Å². The molecule has 0 aliphatic rings. The fourth-order valence-electron chi connectivity index (χ4n) is 1.66. The Labute approximate surface area is 123 Å². The number of hydrogen-bond donors (Lipinski definition) is 1. The van der Waals surface area contributed by atoms with E-state index in [2.05, 4.69) is 10.1 Å². The van der Waals surface area contributed by atoms with Crippen LogP contribution in [0.15, 0.2) is 36.4 Å². The molecule has 0 aliphatic heterocycles. The van der Waals surface area contributed by atoms with Gasteiger partial charge in [0.2, 0.25) is 0 Å². The van der Waals surface area contributed by atoms with Crippen molar-refractivity contribution >= 4 is 17.3 Å². The van der Waals surface area contributed by atoms with Gasteiger partial charge in [0, 0.05) is 18.3 Å². The minimum atomic E-state index is -3.08. The average molecular weight is 320 g/mol. The minimum absolute atomic E-state index is 0.0128. The summed E-state index contributed by atoms with van der Waals surface area (Å²) in [6.45, 7) is -2.81. The largest absolute Gasteiger partial charge is 0.432 e. The molecule has 0 fully saturated rings. The fraction of sp³-hybridized carbons (Fsp3) is 0.143. The van der Waals surface area contributed by atoms with Crippen molar-refractivity contribution in [3.8, 4) is 5.75 Å². The third kappa shape index (κ3) is 4.26. The number of hydrogen-bond acceptors (Lipinski definition) is 2. The predicted molar refractivity (Wildman–Crippen MR) is 71.8 cm³/mol.